The molecule has 74 valence electrons. The van der Waals surface area contributed by atoms with Gasteiger partial charge in [0.25, 0.3) is 0 Å². The molecule has 5 heteroatoms. The van der Waals surface area contributed by atoms with Crippen LogP contribution in [0, 0.1) is 0 Å². The molecular weight excluding hydrogens is 166 g/mol. The van der Waals surface area contributed by atoms with Crippen LogP contribution in [0.2, 0.25) is 0 Å². The molecule has 0 aliphatic carbocycles. The summed E-state index contributed by atoms with van der Waals surface area (Å²) in [6.07, 6.45) is 3.50. The predicted molar refractivity (Wildman–Crippen MR) is 49.9 cm³/mol. The van der Waals surface area contributed by atoms with Gasteiger partial charge in [-0.1, -0.05) is 19.8 Å². The van der Waals surface area contributed by atoms with Crippen molar-refractivity contribution in [2.24, 2.45) is 5.73 Å². The fourth-order valence-electron chi connectivity index (χ4n) is 1.31. The predicted octanol–water partition coefficient (Wildman–Crippen LogP) is 0.883. The number of hydrogen-bond acceptors (Lipinski definition) is 4. The Morgan fingerprint density at radius 1 is 1.54 bits per heavy atom. The molecule has 0 bridgehead atoms. The van der Waals surface area contributed by atoms with Crippen LogP contribution in [0.3, 0.4) is 0 Å². The number of nitrogens with two attached hydrogens (primary N) is 1. The van der Waals surface area contributed by atoms with Gasteiger partial charge < -0.3 is 5.73 Å². The van der Waals surface area contributed by atoms with Crippen molar-refractivity contribution in [1.82, 2.24) is 20.2 Å². The number of rotatable bonds is 5. The van der Waals surface area contributed by atoms with Crippen LogP contribution in [0.25, 0.3) is 0 Å². The summed E-state index contributed by atoms with van der Waals surface area (Å²) in [7, 11) is 0. The Morgan fingerprint density at radius 2 is 2.31 bits per heavy atom. The van der Waals surface area contributed by atoms with Crippen molar-refractivity contribution in [3.8, 4) is 0 Å². The Balaban J connectivity index is 2.59. The maximum Gasteiger partial charge on any atom is 0.165 e. The van der Waals surface area contributed by atoms with Crippen molar-refractivity contribution in [2.45, 2.75) is 45.7 Å². The first kappa shape index (κ1) is 10.1. The SMILES string of the molecule is CCCCC(C)n1nnnc1CN. The third-order valence-electron chi connectivity index (χ3n) is 2.14. The standard InChI is InChI=1S/C8H17N5/c1-3-4-5-7(2)13-8(6-9)10-11-12-13/h7H,3-6,9H2,1-2H3. The molecule has 0 aliphatic heterocycles. The first-order valence-electron chi connectivity index (χ1n) is 4.76. The van der Waals surface area contributed by atoms with Gasteiger partial charge in [-0.05, 0) is 23.8 Å². The minimum atomic E-state index is 0.355. The average molecular weight is 183 g/mol. The lowest BCUT2D eigenvalue weighted by molar-refractivity contribution is 0.420. The summed E-state index contributed by atoms with van der Waals surface area (Å²) in [5.41, 5.74) is 5.50. The van der Waals surface area contributed by atoms with Gasteiger partial charge in [0.1, 0.15) is 0 Å². The van der Waals surface area contributed by atoms with Crippen molar-refractivity contribution in [2.75, 3.05) is 0 Å². The van der Waals surface area contributed by atoms with E-state index in [2.05, 4.69) is 29.4 Å². The number of hydrogen-bond donors (Lipinski definition) is 1. The smallest absolute Gasteiger partial charge is 0.165 e. The normalized spacial score (nSPS) is 13.2. The van der Waals surface area contributed by atoms with Crippen LogP contribution in [0.4, 0.5) is 0 Å². The van der Waals surface area contributed by atoms with Crippen molar-refractivity contribution >= 4 is 0 Å². The fraction of sp³-hybridized carbons (Fsp3) is 0.875. The molecule has 13 heavy (non-hydrogen) atoms. The maximum atomic E-state index is 5.50. The van der Waals surface area contributed by atoms with Gasteiger partial charge in [0.15, 0.2) is 5.82 Å². The molecule has 0 amide bonds. The zero-order valence-electron chi connectivity index (χ0n) is 8.27. The number of aromatic nitrogens is 4. The highest BCUT2D eigenvalue weighted by Gasteiger charge is 2.10. The Morgan fingerprint density at radius 3 is 2.92 bits per heavy atom. The Hall–Kier alpha value is -0.970. The van der Waals surface area contributed by atoms with Crippen molar-refractivity contribution in [3.05, 3.63) is 5.82 Å². The Bertz CT molecular complexity index is 244. The van der Waals surface area contributed by atoms with Gasteiger partial charge in [0, 0.05) is 0 Å². The quantitative estimate of drug-likeness (QED) is 0.735. The molecule has 0 saturated heterocycles. The van der Waals surface area contributed by atoms with Gasteiger partial charge in [-0.25, -0.2) is 4.68 Å². The topological polar surface area (TPSA) is 69.6 Å². The molecule has 0 spiro atoms. The molecule has 0 saturated carbocycles. The van der Waals surface area contributed by atoms with Gasteiger partial charge in [0.2, 0.25) is 0 Å². The van der Waals surface area contributed by atoms with Crippen molar-refractivity contribution in [1.29, 1.82) is 0 Å². The summed E-state index contributed by atoms with van der Waals surface area (Å²) >= 11 is 0. The summed E-state index contributed by atoms with van der Waals surface area (Å²) in [6, 6.07) is 0.355. The van der Waals surface area contributed by atoms with Crippen LogP contribution in [-0.4, -0.2) is 20.2 Å². The first-order chi connectivity index (χ1) is 6.29. The molecule has 2 N–H and O–H groups in total. The second-order valence-electron chi connectivity index (χ2n) is 3.24. The maximum absolute atomic E-state index is 5.50. The van der Waals surface area contributed by atoms with Crippen LogP contribution in [0.5, 0.6) is 0 Å². The van der Waals surface area contributed by atoms with Crippen LogP contribution in [0.15, 0.2) is 0 Å². The molecule has 0 fully saturated rings. The van der Waals surface area contributed by atoms with Gasteiger partial charge in [-0.15, -0.1) is 5.10 Å². The highest BCUT2D eigenvalue weighted by molar-refractivity contribution is 4.81. The van der Waals surface area contributed by atoms with Gasteiger partial charge >= 0.3 is 0 Å². The Kier molecular flexibility index (Phi) is 3.82. The van der Waals surface area contributed by atoms with Crippen LogP contribution < -0.4 is 5.73 Å². The number of tetrazole rings is 1. The van der Waals surface area contributed by atoms with E-state index in [0.717, 1.165) is 12.2 Å². The van der Waals surface area contributed by atoms with E-state index >= 15 is 0 Å². The Labute approximate surface area is 78.3 Å². The second kappa shape index (κ2) is 4.91. The van der Waals surface area contributed by atoms with Crippen LogP contribution in [0.1, 0.15) is 45.0 Å². The van der Waals surface area contributed by atoms with E-state index in [0.29, 0.717) is 12.6 Å². The van der Waals surface area contributed by atoms with E-state index < -0.39 is 0 Å². The molecule has 1 heterocycles. The van der Waals surface area contributed by atoms with Crippen molar-refractivity contribution < 1.29 is 0 Å². The molecule has 1 aromatic rings. The lowest BCUT2D eigenvalue weighted by atomic mass is 10.1. The van der Waals surface area contributed by atoms with E-state index in [9.17, 15) is 0 Å². The third-order valence-corrected chi connectivity index (χ3v) is 2.14. The monoisotopic (exact) mass is 183 g/mol. The first-order valence-corrected chi connectivity index (χ1v) is 4.76. The number of nitrogens with zero attached hydrogens (tertiary/aromatic N) is 4. The summed E-state index contributed by atoms with van der Waals surface area (Å²) in [5, 5.41) is 11.4. The molecule has 0 aliphatic rings. The lowest BCUT2D eigenvalue weighted by Crippen LogP contribution is -2.14. The zero-order chi connectivity index (χ0) is 9.68. The molecule has 1 aromatic heterocycles. The van der Waals surface area contributed by atoms with E-state index in [4.69, 9.17) is 5.73 Å². The van der Waals surface area contributed by atoms with Gasteiger partial charge in [-0.3, -0.25) is 0 Å². The molecule has 0 aromatic carbocycles. The molecule has 1 rings (SSSR count). The number of unbranched alkanes of at least 4 members (excludes halogenated alkanes) is 1. The average Bonchev–Trinajstić information content (AvgIpc) is 2.61. The minimum Gasteiger partial charge on any atom is -0.324 e. The molecular formula is C8H17N5. The third kappa shape index (κ3) is 2.48. The highest BCUT2D eigenvalue weighted by atomic mass is 15.5. The summed E-state index contributed by atoms with van der Waals surface area (Å²) < 4.78 is 1.82. The van der Waals surface area contributed by atoms with E-state index in [1.807, 2.05) is 4.68 Å². The van der Waals surface area contributed by atoms with E-state index in [-0.39, 0.29) is 0 Å². The highest BCUT2D eigenvalue weighted by Crippen LogP contribution is 2.13. The zero-order valence-corrected chi connectivity index (χ0v) is 8.27. The molecule has 5 nitrogen and oxygen atoms in total. The largest absolute Gasteiger partial charge is 0.324 e. The van der Waals surface area contributed by atoms with Crippen molar-refractivity contribution in [3.63, 3.8) is 0 Å². The fourth-order valence-corrected chi connectivity index (χ4v) is 1.31. The summed E-state index contributed by atoms with van der Waals surface area (Å²) in [5.74, 6) is 0.767. The van der Waals surface area contributed by atoms with Crippen LogP contribution in [-0.2, 0) is 6.54 Å². The molecule has 1 unspecified atom stereocenters. The van der Waals surface area contributed by atoms with Gasteiger partial charge in [0.05, 0.1) is 12.6 Å². The van der Waals surface area contributed by atoms with E-state index in [1.165, 1.54) is 12.8 Å². The second-order valence-corrected chi connectivity index (χ2v) is 3.24. The molecule has 0 radical (unpaired) electrons. The summed E-state index contributed by atoms with van der Waals surface area (Å²) in [4.78, 5) is 0. The van der Waals surface area contributed by atoms with Gasteiger partial charge in [-0.2, -0.15) is 0 Å². The minimum absolute atomic E-state index is 0.355. The molecule has 1 atom stereocenters. The van der Waals surface area contributed by atoms with E-state index in [1.54, 1.807) is 0 Å². The summed E-state index contributed by atoms with van der Waals surface area (Å²) in [6.45, 7) is 4.70. The lowest BCUT2D eigenvalue weighted by Gasteiger charge is -2.11. The van der Waals surface area contributed by atoms with Crippen LogP contribution >= 0.6 is 0 Å².